The summed E-state index contributed by atoms with van der Waals surface area (Å²) >= 11 is 0. The Morgan fingerprint density at radius 1 is 1.19 bits per heavy atom. The van der Waals surface area contributed by atoms with Crippen molar-refractivity contribution < 1.29 is 24.2 Å². The van der Waals surface area contributed by atoms with Crippen LogP contribution in [0.1, 0.15) is 23.2 Å². The molecule has 1 aromatic rings. The molecule has 0 saturated carbocycles. The lowest BCUT2D eigenvalue weighted by Crippen LogP contribution is -2.40. The Labute approximate surface area is 123 Å². The van der Waals surface area contributed by atoms with E-state index in [1.807, 2.05) is 4.90 Å². The molecule has 0 aliphatic carbocycles. The molecule has 1 aromatic carbocycles. The van der Waals surface area contributed by atoms with E-state index in [2.05, 4.69) is 0 Å². The summed E-state index contributed by atoms with van der Waals surface area (Å²) in [6.07, 6.45) is 1.09. The van der Waals surface area contributed by atoms with Crippen molar-refractivity contribution in [1.82, 2.24) is 4.90 Å². The average molecular weight is 293 g/mol. The van der Waals surface area contributed by atoms with Crippen molar-refractivity contribution in [3.05, 3.63) is 29.8 Å². The number of carboxylic acids is 1. The number of aromatic carboxylic acids is 1. The van der Waals surface area contributed by atoms with Crippen LogP contribution in [0.3, 0.4) is 0 Å². The van der Waals surface area contributed by atoms with Crippen LogP contribution < -0.4 is 4.74 Å². The molecular formula is C15H19NO5. The number of carbonyl (C=O) groups is 2. The number of hydrogen-bond donors (Lipinski definition) is 1. The number of carbonyl (C=O) groups excluding carboxylic acids is 1. The summed E-state index contributed by atoms with van der Waals surface area (Å²) in [4.78, 5) is 24.4. The van der Waals surface area contributed by atoms with E-state index in [1.54, 1.807) is 12.1 Å². The van der Waals surface area contributed by atoms with Gasteiger partial charge in [-0.1, -0.05) is 0 Å². The Morgan fingerprint density at radius 2 is 1.86 bits per heavy atom. The highest BCUT2D eigenvalue weighted by molar-refractivity contribution is 5.87. The van der Waals surface area contributed by atoms with Gasteiger partial charge in [-0.3, -0.25) is 4.79 Å². The third kappa shape index (κ3) is 4.75. The first-order valence-electron chi connectivity index (χ1n) is 6.98. The van der Waals surface area contributed by atoms with Crippen molar-refractivity contribution >= 4 is 11.9 Å². The van der Waals surface area contributed by atoms with E-state index in [4.69, 9.17) is 14.6 Å². The highest BCUT2D eigenvalue weighted by atomic mass is 16.5. The number of benzene rings is 1. The third-order valence-electron chi connectivity index (χ3n) is 3.27. The number of nitrogens with zero attached hydrogens (tertiary/aromatic N) is 1. The van der Waals surface area contributed by atoms with Crippen molar-refractivity contribution in [3.8, 4) is 5.75 Å². The second-order valence-electron chi connectivity index (χ2n) is 4.77. The SMILES string of the molecule is O=C(O)c1ccc(OCCCC(=O)N2CCOCC2)cc1. The number of amides is 1. The largest absolute Gasteiger partial charge is 0.494 e. The van der Waals surface area contributed by atoms with Gasteiger partial charge in [-0.25, -0.2) is 4.79 Å². The smallest absolute Gasteiger partial charge is 0.335 e. The zero-order valence-electron chi connectivity index (χ0n) is 11.8. The molecule has 2 rings (SSSR count). The van der Waals surface area contributed by atoms with Crippen LogP contribution in [0.2, 0.25) is 0 Å². The molecular weight excluding hydrogens is 274 g/mol. The molecule has 1 heterocycles. The van der Waals surface area contributed by atoms with Crippen molar-refractivity contribution in [2.75, 3.05) is 32.9 Å². The van der Waals surface area contributed by atoms with Gasteiger partial charge in [-0.2, -0.15) is 0 Å². The molecule has 1 aliphatic rings. The molecule has 6 nitrogen and oxygen atoms in total. The van der Waals surface area contributed by atoms with Gasteiger partial charge < -0.3 is 19.5 Å². The van der Waals surface area contributed by atoms with Crippen LogP contribution in [0, 0.1) is 0 Å². The van der Waals surface area contributed by atoms with E-state index < -0.39 is 5.97 Å². The minimum absolute atomic E-state index is 0.128. The molecule has 21 heavy (non-hydrogen) atoms. The van der Waals surface area contributed by atoms with Crippen molar-refractivity contribution in [3.63, 3.8) is 0 Å². The van der Waals surface area contributed by atoms with Gasteiger partial charge in [-0.15, -0.1) is 0 Å². The lowest BCUT2D eigenvalue weighted by Gasteiger charge is -2.26. The Kier molecular flexibility index (Phi) is 5.57. The zero-order valence-corrected chi connectivity index (χ0v) is 11.8. The predicted molar refractivity (Wildman–Crippen MR) is 75.5 cm³/mol. The van der Waals surface area contributed by atoms with Crippen molar-refractivity contribution in [2.45, 2.75) is 12.8 Å². The second-order valence-corrected chi connectivity index (χ2v) is 4.77. The first-order valence-corrected chi connectivity index (χ1v) is 6.98. The fourth-order valence-corrected chi connectivity index (χ4v) is 2.08. The van der Waals surface area contributed by atoms with Gasteiger partial charge in [0.25, 0.3) is 0 Å². The van der Waals surface area contributed by atoms with Crippen molar-refractivity contribution in [1.29, 1.82) is 0 Å². The first kappa shape index (κ1) is 15.3. The number of hydrogen-bond acceptors (Lipinski definition) is 4. The molecule has 114 valence electrons. The maximum Gasteiger partial charge on any atom is 0.335 e. The topological polar surface area (TPSA) is 76.1 Å². The minimum atomic E-state index is -0.961. The van der Waals surface area contributed by atoms with Crippen LogP contribution in [-0.2, 0) is 9.53 Å². The van der Waals surface area contributed by atoms with Gasteiger partial charge >= 0.3 is 5.97 Å². The van der Waals surface area contributed by atoms with E-state index in [-0.39, 0.29) is 11.5 Å². The quantitative estimate of drug-likeness (QED) is 0.802. The Morgan fingerprint density at radius 3 is 2.48 bits per heavy atom. The molecule has 1 amide bonds. The lowest BCUT2D eigenvalue weighted by atomic mass is 10.2. The fourth-order valence-electron chi connectivity index (χ4n) is 2.08. The summed E-state index contributed by atoms with van der Waals surface area (Å²) < 4.78 is 10.7. The van der Waals surface area contributed by atoms with Gasteiger partial charge in [0.1, 0.15) is 5.75 Å². The van der Waals surface area contributed by atoms with Crippen LogP contribution in [0.4, 0.5) is 0 Å². The second kappa shape index (κ2) is 7.64. The van der Waals surface area contributed by atoms with Gasteiger partial charge in [0.15, 0.2) is 0 Å². The molecule has 0 atom stereocenters. The van der Waals surface area contributed by atoms with Gasteiger partial charge in [-0.05, 0) is 30.7 Å². The minimum Gasteiger partial charge on any atom is -0.494 e. The summed E-state index contributed by atoms with van der Waals surface area (Å²) in [5.41, 5.74) is 0.227. The molecule has 0 unspecified atom stereocenters. The van der Waals surface area contributed by atoms with Crippen LogP contribution in [0.15, 0.2) is 24.3 Å². The van der Waals surface area contributed by atoms with E-state index in [1.165, 1.54) is 12.1 Å². The summed E-state index contributed by atoms with van der Waals surface area (Å²) in [7, 11) is 0. The normalized spacial score (nSPS) is 14.8. The maximum absolute atomic E-state index is 11.9. The van der Waals surface area contributed by atoms with Gasteiger partial charge in [0, 0.05) is 19.5 Å². The Balaban J connectivity index is 1.67. The molecule has 1 fully saturated rings. The van der Waals surface area contributed by atoms with Gasteiger partial charge in [0.05, 0.1) is 25.4 Å². The zero-order chi connectivity index (χ0) is 15.1. The summed E-state index contributed by atoms with van der Waals surface area (Å²) in [5, 5.41) is 8.78. The Hall–Kier alpha value is -2.08. The van der Waals surface area contributed by atoms with Crippen LogP contribution in [-0.4, -0.2) is 54.8 Å². The number of morpholine rings is 1. The highest BCUT2D eigenvalue weighted by Gasteiger charge is 2.15. The predicted octanol–water partition coefficient (Wildman–Crippen LogP) is 1.40. The molecule has 0 radical (unpaired) electrons. The molecule has 1 aliphatic heterocycles. The van der Waals surface area contributed by atoms with E-state index >= 15 is 0 Å². The molecule has 0 bridgehead atoms. The van der Waals surface area contributed by atoms with Crippen LogP contribution in [0.5, 0.6) is 5.75 Å². The van der Waals surface area contributed by atoms with Crippen LogP contribution >= 0.6 is 0 Å². The summed E-state index contributed by atoms with van der Waals surface area (Å²) in [5.74, 6) is -0.223. The number of rotatable bonds is 6. The fraction of sp³-hybridized carbons (Fsp3) is 0.467. The van der Waals surface area contributed by atoms with Gasteiger partial charge in [0.2, 0.25) is 5.91 Å². The molecule has 1 N–H and O–H groups in total. The van der Waals surface area contributed by atoms with Crippen LogP contribution in [0.25, 0.3) is 0 Å². The first-order chi connectivity index (χ1) is 10.2. The van der Waals surface area contributed by atoms with Crippen molar-refractivity contribution in [2.24, 2.45) is 0 Å². The van der Waals surface area contributed by atoms with E-state index in [9.17, 15) is 9.59 Å². The molecule has 6 heteroatoms. The third-order valence-corrected chi connectivity index (χ3v) is 3.27. The standard InChI is InChI=1S/C15H19NO5/c17-14(16-7-10-20-11-8-16)2-1-9-21-13-5-3-12(4-6-13)15(18)19/h3-6H,1-2,7-11H2,(H,18,19). The molecule has 0 aromatic heterocycles. The summed E-state index contributed by atoms with van der Waals surface area (Å²) in [6, 6.07) is 6.23. The highest BCUT2D eigenvalue weighted by Crippen LogP contribution is 2.13. The number of ether oxygens (including phenoxy) is 2. The summed E-state index contributed by atoms with van der Waals surface area (Å²) in [6.45, 7) is 2.98. The van der Waals surface area contributed by atoms with E-state index in [0.29, 0.717) is 51.5 Å². The maximum atomic E-state index is 11.9. The monoisotopic (exact) mass is 293 g/mol. The molecule has 0 spiro atoms. The average Bonchev–Trinajstić information content (AvgIpc) is 2.52. The Bertz CT molecular complexity index is 479. The molecule has 1 saturated heterocycles. The lowest BCUT2D eigenvalue weighted by molar-refractivity contribution is -0.135. The number of carboxylic acid groups (broad SMARTS) is 1. The van der Waals surface area contributed by atoms with E-state index in [0.717, 1.165) is 0 Å².